The fraction of sp³-hybridized carbons (Fsp3) is 0.562. The fourth-order valence-electron chi connectivity index (χ4n) is 2.37. The SMILES string of the molecule is COCCN(CCCOc1ccccc1C(N)=S)C1CC1. The van der Waals surface area contributed by atoms with Gasteiger partial charge in [0.2, 0.25) is 0 Å². The molecule has 1 aliphatic rings. The largest absolute Gasteiger partial charge is 0.493 e. The molecule has 0 saturated heterocycles. The third kappa shape index (κ3) is 5.26. The summed E-state index contributed by atoms with van der Waals surface area (Å²) < 4.78 is 11.0. The first-order valence-electron chi connectivity index (χ1n) is 7.47. The Morgan fingerprint density at radius 1 is 1.29 bits per heavy atom. The lowest BCUT2D eigenvalue weighted by Gasteiger charge is -2.21. The first kappa shape index (κ1) is 16.2. The molecule has 1 saturated carbocycles. The molecule has 21 heavy (non-hydrogen) atoms. The van der Waals surface area contributed by atoms with E-state index in [1.54, 1.807) is 7.11 Å². The summed E-state index contributed by atoms with van der Waals surface area (Å²) in [6, 6.07) is 8.42. The van der Waals surface area contributed by atoms with E-state index in [4.69, 9.17) is 27.4 Å². The van der Waals surface area contributed by atoms with Crippen molar-refractivity contribution in [1.82, 2.24) is 4.90 Å². The second-order valence-corrected chi connectivity index (χ2v) is 5.76. The van der Waals surface area contributed by atoms with E-state index in [-0.39, 0.29) is 0 Å². The van der Waals surface area contributed by atoms with Crippen LogP contribution in [0.3, 0.4) is 0 Å². The van der Waals surface area contributed by atoms with Crippen LogP contribution in [-0.4, -0.2) is 49.3 Å². The number of ether oxygens (including phenoxy) is 2. The maximum absolute atomic E-state index is 5.83. The predicted octanol–water partition coefficient (Wildman–Crippen LogP) is 2.20. The van der Waals surface area contributed by atoms with Gasteiger partial charge < -0.3 is 15.2 Å². The van der Waals surface area contributed by atoms with Crippen molar-refractivity contribution in [3.8, 4) is 5.75 Å². The number of hydrogen-bond acceptors (Lipinski definition) is 4. The number of methoxy groups -OCH3 is 1. The minimum absolute atomic E-state index is 0.380. The van der Waals surface area contributed by atoms with Crippen molar-refractivity contribution in [2.45, 2.75) is 25.3 Å². The van der Waals surface area contributed by atoms with Crippen LogP contribution in [-0.2, 0) is 4.74 Å². The normalized spacial score (nSPS) is 14.4. The molecule has 0 bridgehead atoms. The summed E-state index contributed by atoms with van der Waals surface area (Å²) in [5.74, 6) is 0.778. The molecular weight excluding hydrogens is 284 g/mol. The van der Waals surface area contributed by atoms with Crippen molar-refractivity contribution in [2.75, 3.05) is 33.4 Å². The van der Waals surface area contributed by atoms with Crippen molar-refractivity contribution in [2.24, 2.45) is 5.73 Å². The molecule has 0 amide bonds. The first-order chi connectivity index (χ1) is 10.2. The third-order valence-electron chi connectivity index (χ3n) is 3.65. The van der Waals surface area contributed by atoms with Crippen LogP contribution in [0.2, 0.25) is 0 Å². The zero-order valence-electron chi connectivity index (χ0n) is 12.6. The van der Waals surface area contributed by atoms with Gasteiger partial charge in [0.1, 0.15) is 10.7 Å². The van der Waals surface area contributed by atoms with Crippen LogP contribution in [0.15, 0.2) is 24.3 Å². The number of nitrogens with zero attached hydrogens (tertiary/aromatic N) is 1. The Morgan fingerprint density at radius 2 is 2.05 bits per heavy atom. The molecule has 116 valence electrons. The molecule has 1 aromatic rings. The minimum atomic E-state index is 0.380. The van der Waals surface area contributed by atoms with Gasteiger partial charge in [0.25, 0.3) is 0 Å². The van der Waals surface area contributed by atoms with Crippen molar-refractivity contribution >= 4 is 17.2 Å². The Labute approximate surface area is 132 Å². The summed E-state index contributed by atoms with van der Waals surface area (Å²) in [5.41, 5.74) is 6.51. The number of nitrogens with two attached hydrogens (primary N) is 1. The van der Waals surface area contributed by atoms with Gasteiger partial charge in [-0.2, -0.15) is 0 Å². The lowest BCUT2D eigenvalue weighted by Crippen LogP contribution is -2.31. The quantitative estimate of drug-likeness (QED) is 0.530. The highest BCUT2D eigenvalue weighted by Crippen LogP contribution is 2.26. The molecule has 0 heterocycles. The van der Waals surface area contributed by atoms with Crippen molar-refractivity contribution < 1.29 is 9.47 Å². The van der Waals surface area contributed by atoms with E-state index in [9.17, 15) is 0 Å². The monoisotopic (exact) mass is 308 g/mol. The van der Waals surface area contributed by atoms with Gasteiger partial charge in [-0.15, -0.1) is 0 Å². The predicted molar refractivity (Wildman–Crippen MR) is 88.9 cm³/mol. The van der Waals surface area contributed by atoms with Gasteiger partial charge in [-0.05, 0) is 31.4 Å². The van der Waals surface area contributed by atoms with Crippen molar-refractivity contribution in [3.63, 3.8) is 0 Å². The van der Waals surface area contributed by atoms with Gasteiger partial charge in [-0.3, -0.25) is 4.90 Å². The van der Waals surface area contributed by atoms with Gasteiger partial charge >= 0.3 is 0 Å². The smallest absolute Gasteiger partial charge is 0.129 e. The molecule has 4 nitrogen and oxygen atoms in total. The van der Waals surface area contributed by atoms with Crippen LogP contribution in [0.1, 0.15) is 24.8 Å². The number of para-hydroxylation sites is 1. The zero-order valence-corrected chi connectivity index (χ0v) is 13.4. The standard InChI is InChI=1S/C16H24N2O2S/c1-19-12-10-18(13-7-8-13)9-4-11-20-15-6-3-2-5-14(15)16(17)21/h2-3,5-6,13H,4,7-12H2,1H3,(H2,17,21). The zero-order chi connectivity index (χ0) is 15.1. The van der Waals surface area contributed by atoms with E-state index in [2.05, 4.69) is 4.90 Å². The first-order valence-corrected chi connectivity index (χ1v) is 7.88. The Balaban J connectivity index is 1.75. The van der Waals surface area contributed by atoms with Crippen molar-refractivity contribution in [1.29, 1.82) is 0 Å². The summed E-state index contributed by atoms with van der Waals surface area (Å²) in [5, 5.41) is 0. The molecular formula is C16H24N2O2S. The molecule has 2 rings (SSSR count). The lowest BCUT2D eigenvalue weighted by atomic mass is 10.2. The maximum atomic E-state index is 5.83. The number of thiocarbonyl (C=S) groups is 1. The van der Waals surface area contributed by atoms with E-state index in [1.165, 1.54) is 12.8 Å². The van der Waals surface area contributed by atoms with E-state index in [0.29, 0.717) is 11.6 Å². The Kier molecular flexibility index (Phi) is 6.42. The second-order valence-electron chi connectivity index (χ2n) is 5.32. The molecule has 1 aromatic carbocycles. The molecule has 1 aliphatic carbocycles. The van der Waals surface area contributed by atoms with Crippen LogP contribution < -0.4 is 10.5 Å². The minimum Gasteiger partial charge on any atom is -0.493 e. The maximum Gasteiger partial charge on any atom is 0.129 e. The van der Waals surface area contributed by atoms with Gasteiger partial charge in [-0.1, -0.05) is 24.4 Å². The van der Waals surface area contributed by atoms with Gasteiger partial charge in [0, 0.05) is 26.2 Å². The molecule has 5 heteroatoms. The van der Waals surface area contributed by atoms with Gasteiger partial charge in [0.05, 0.1) is 18.8 Å². The molecule has 0 aromatic heterocycles. The molecule has 1 fully saturated rings. The Morgan fingerprint density at radius 3 is 2.71 bits per heavy atom. The molecule has 0 atom stereocenters. The van der Waals surface area contributed by atoms with Crippen LogP contribution in [0.25, 0.3) is 0 Å². The van der Waals surface area contributed by atoms with Crippen LogP contribution in [0, 0.1) is 0 Å². The topological polar surface area (TPSA) is 47.7 Å². The molecule has 2 N–H and O–H groups in total. The van der Waals surface area contributed by atoms with E-state index in [0.717, 1.165) is 43.5 Å². The highest BCUT2D eigenvalue weighted by Gasteiger charge is 2.28. The molecule has 0 unspecified atom stereocenters. The van der Waals surface area contributed by atoms with E-state index in [1.807, 2.05) is 24.3 Å². The highest BCUT2D eigenvalue weighted by molar-refractivity contribution is 7.80. The highest BCUT2D eigenvalue weighted by atomic mass is 32.1. The van der Waals surface area contributed by atoms with Crippen molar-refractivity contribution in [3.05, 3.63) is 29.8 Å². The third-order valence-corrected chi connectivity index (χ3v) is 3.87. The van der Waals surface area contributed by atoms with Gasteiger partial charge in [-0.25, -0.2) is 0 Å². The van der Waals surface area contributed by atoms with Crippen LogP contribution in [0.4, 0.5) is 0 Å². The van der Waals surface area contributed by atoms with Crippen LogP contribution in [0.5, 0.6) is 5.75 Å². The number of rotatable bonds is 10. The summed E-state index contributed by atoms with van der Waals surface area (Å²) >= 11 is 5.04. The Bertz CT molecular complexity index is 463. The van der Waals surface area contributed by atoms with E-state index >= 15 is 0 Å². The second kappa shape index (κ2) is 8.32. The summed E-state index contributed by atoms with van der Waals surface area (Å²) in [6.45, 7) is 3.52. The number of benzene rings is 1. The average Bonchev–Trinajstić information content (AvgIpc) is 3.31. The lowest BCUT2D eigenvalue weighted by molar-refractivity contribution is 0.138. The summed E-state index contributed by atoms with van der Waals surface area (Å²) in [4.78, 5) is 2.87. The van der Waals surface area contributed by atoms with E-state index < -0.39 is 0 Å². The number of hydrogen-bond donors (Lipinski definition) is 1. The molecule has 0 radical (unpaired) electrons. The summed E-state index contributed by atoms with van der Waals surface area (Å²) in [6.07, 6.45) is 3.62. The molecule has 0 spiro atoms. The van der Waals surface area contributed by atoms with Crippen LogP contribution >= 0.6 is 12.2 Å². The fourth-order valence-corrected chi connectivity index (χ4v) is 2.54. The molecule has 0 aliphatic heterocycles. The van der Waals surface area contributed by atoms with Gasteiger partial charge in [0.15, 0.2) is 0 Å². The summed E-state index contributed by atoms with van der Waals surface area (Å²) in [7, 11) is 1.75. The Hall–Kier alpha value is -1.17. The average molecular weight is 308 g/mol.